The van der Waals surface area contributed by atoms with Gasteiger partial charge in [-0.25, -0.2) is 0 Å². The molecule has 1 amide bonds. The summed E-state index contributed by atoms with van der Waals surface area (Å²) in [6.07, 6.45) is 0.377. The van der Waals surface area contributed by atoms with E-state index in [1.54, 1.807) is 17.0 Å². The molecule has 1 aromatic rings. The van der Waals surface area contributed by atoms with E-state index in [4.69, 9.17) is 15.2 Å². The van der Waals surface area contributed by atoms with E-state index in [1.807, 2.05) is 19.1 Å². The fraction of sp³-hybridized carbons (Fsp3) is 0.500. The van der Waals surface area contributed by atoms with Crippen LogP contribution in [0, 0.1) is 0 Å². The Hall–Kier alpha value is -1.59. The summed E-state index contributed by atoms with van der Waals surface area (Å²) in [5.41, 5.74) is 7.20. The summed E-state index contributed by atoms with van der Waals surface area (Å²) < 4.78 is 10.8. The maximum Gasteiger partial charge on any atom is 0.258 e. The second-order valence-electron chi connectivity index (χ2n) is 4.52. The van der Waals surface area contributed by atoms with Crippen LogP contribution in [0.2, 0.25) is 0 Å². The Morgan fingerprint density at radius 2 is 2.11 bits per heavy atom. The van der Waals surface area contributed by atoms with Crippen molar-refractivity contribution in [3.8, 4) is 0 Å². The number of hydrogen-bond acceptors (Lipinski definition) is 4. The van der Waals surface area contributed by atoms with Crippen molar-refractivity contribution in [2.75, 3.05) is 37.0 Å². The first-order valence-electron chi connectivity index (χ1n) is 6.58. The third-order valence-electron chi connectivity index (χ3n) is 3.01. The van der Waals surface area contributed by atoms with Crippen LogP contribution in [-0.2, 0) is 14.3 Å². The fourth-order valence-electron chi connectivity index (χ4n) is 2.05. The minimum Gasteiger partial charge on any atom is -0.399 e. The van der Waals surface area contributed by atoms with Crippen LogP contribution < -0.4 is 10.6 Å². The fourth-order valence-corrected chi connectivity index (χ4v) is 2.05. The Bertz CT molecular complexity index is 413. The Labute approximate surface area is 113 Å². The van der Waals surface area contributed by atoms with Crippen molar-refractivity contribution in [2.24, 2.45) is 0 Å². The lowest BCUT2D eigenvalue weighted by atomic mass is 10.2. The molecule has 19 heavy (non-hydrogen) atoms. The smallest absolute Gasteiger partial charge is 0.258 e. The van der Waals surface area contributed by atoms with Gasteiger partial charge in [-0.3, -0.25) is 4.79 Å². The van der Waals surface area contributed by atoms with E-state index < -0.39 is 6.10 Å². The SMILES string of the molecule is CCCN(C(=O)C1COCCO1)c1ccc(N)cc1. The van der Waals surface area contributed by atoms with Gasteiger partial charge in [0.1, 0.15) is 0 Å². The number of nitrogen functional groups attached to an aromatic ring is 1. The minimum absolute atomic E-state index is 0.0497. The standard InChI is InChI=1S/C14H20N2O3/c1-2-7-16(12-5-3-11(15)4-6-12)14(17)13-10-18-8-9-19-13/h3-6,13H,2,7-10,15H2,1H3. The van der Waals surface area contributed by atoms with Crippen LogP contribution in [0.5, 0.6) is 0 Å². The van der Waals surface area contributed by atoms with Crippen LogP contribution in [0.15, 0.2) is 24.3 Å². The quantitative estimate of drug-likeness (QED) is 0.835. The van der Waals surface area contributed by atoms with Gasteiger partial charge in [-0.1, -0.05) is 6.92 Å². The number of benzene rings is 1. The van der Waals surface area contributed by atoms with E-state index in [1.165, 1.54) is 0 Å². The van der Waals surface area contributed by atoms with Crippen molar-refractivity contribution in [2.45, 2.75) is 19.4 Å². The summed E-state index contributed by atoms with van der Waals surface area (Å²) in [4.78, 5) is 14.2. The first-order valence-corrected chi connectivity index (χ1v) is 6.58. The molecule has 0 radical (unpaired) electrons. The van der Waals surface area contributed by atoms with Crippen LogP contribution in [0.3, 0.4) is 0 Å². The topological polar surface area (TPSA) is 64.8 Å². The number of anilines is 2. The van der Waals surface area contributed by atoms with Crippen LogP contribution in [-0.4, -0.2) is 38.4 Å². The first-order chi connectivity index (χ1) is 9.22. The lowest BCUT2D eigenvalue weighted by molar-refractivity contribution is -0.144. The number of carbonyl (C=O) groups is 1. The highest BCUT2D eigenvalue weighted by Crippen LogP contribution is 2.19. The number of hydrogen-bond donors (Lipinski definition) is 1. The Morgan fingerprint density at radius 1 is 1.37 bits per heavy atom. The predicted octanol–water partition coefficient (Wildman–Crippen LogP) is 1.43. The van der Waals surface area contributed by atoms with Crippen LogP contribution in [0.25, 0.3) is 0 Å². The lowest BCUT2D eigenvalue weighted by Crippen LogP contribution is -2.45. The molecular formula is C14H20N2O3. The monoisotopic (exact) mass is 264 g/mol. The Balaban J connectivity index is 2.14. The van der Waals surface area contributed by atoms with Gasteiger partial charge in [0.2, 0.25) is 0 Å². The summed E-state index contributed by atoms with van der Waals surface area (Å²) in [5, 5.41) is 0. The van der Waals surface area contributed by atoms with E-state index in [0.717, 1.165) is 12.1 Å². The molecule has 1 saturated heterocycles. The zero-order valence-electron chi connectivity index (χ0n) is 11.2. The highest BCUT2D eigenvalue weighted by molar-refractivity contribution is 5.96. The normalized spacial score (nSPS) is 19.1. The number of ether oxygens (including phenoxy) is 2. The molecular weight excluding hydrogens is 244 g/mol. The lowest BCUT2D eigenvalue weighted by Gasteiger charge is -2.29. The molecule has 2 N–H and O–H groups in total. The molecule has 5 nitrogen and oxygen atoms in total. The van der Waals surface area contributed by atoms with Crippen molar-refractivity contribution < 1.29 is 14.3 Å². The zero-order chi connectivity index (χ0) is 13.7. The third kappa shape index (κ3) is 3.45. The average molecular weight is 264 g/mol. The summed E-state index contributed by atoms with van der Waals surface area (Å²) >= 11 is 0. The number of carbonyl (C=O) groups excluding carboxylic acids is 1. The van der Waals surface area contributed by atoms with Gasteiger partial charge in [0.05, 0.1) is 19.8 Å². The summed E-state index contributed by atoms with van der Waals surface area (Å²) in [5.74, 6) is -0.0497. The van der Waals surface area contributed by atoms with E-state index in [9.17, 15) is 4.79 Å². The molecule has 1 fully saturated rings. The molecule has 0 bridgehead atoms. The number of rotatable bonds is 4. The second kappa shape index (κ2) is 6.54. The molecule has 0 aliphatic carbocycles. The average Bonchev–Trinajstić information content (AvgIpc) is 2.46. The largest absolute Gasteiger partial charge is 0.399 e. The molecule has 0 aromatic heterocycles. The van der Waals surface area contributed by atoms with Crippen LogP contribution >= 0.6 is 0 Å². The molecule has 0 saturated carbocycles. The number of nitrogens with zero attached hydrogens (tertiary/aromatic N) is 1. The predicted molar refractivity (Wildman–Crippen MR) is 74.1 cm³/mol. The molecule has 5 heteroatoms. The van der Waals surface area contributed by atoms with Crippen LogP contribution in [0.1, 0.15) is 13.3 Å². The highest BCUT2D eigenvalue weighted by atomic mass is 16.6. The van der Waals surface area contributed by atoms with Gasteiger partial charge in [0.25, 0.3) is 5.91 Å². The number of amides is 1. The molecule has 2 rings (SSSR count). The summed E-state index contributed by atoms with van der Waals surface area (Å²) in [6.45, 7) is 4.05. The molecule has 1 heterocycles. The maximum atomic E-state index is 12.5. The van der Waals surface area contributed by atoms with Gasteiger partial charge in [-0.05, 0) is 30.7 Å². The first kappa shape index (κ1) is 13.8. The van der Waals surface area contributed by atoms with Gasteiger partial charge in [0, 0.05) is 17.9 Å². The van der Waals surface area contributed by atoms with Gasteiger partial charge < -0.3 is 20.1 Å². The van der Waals surface area contributed by atoms with E-state index in [2.05, 4.69) is 0 Å². The van der Waals surface area contributed by atoms with E-state index in [-0.39, 0.29) is 5.91 Å². The van der Waals surface area contributed by atoms with E-state index >= 15 is 0 Å². The van der Waals surface area contributed by atoms with Crippen molar-refractivity contribution in [3.05, 3.63) is 24.3 Å². The molecule has 1 aliphatic rings. The van der Waals surface area contributed by atoms with Gasteiger partial charge in [-0.15, -0.1) is 0 Å². The highest BCUT2D eigenvalue weighted by Gasteiger charge is 2.28. The third-order valence-corrected chi connectivity index (χ3v) is 3.01. The molecule has 1 unspecified atom stereocenters. The second-order valence-corrected chi connectivity index (χ2v) is 4.52. The number of nitrogens with two attached hydrogens (primary N) is 1. The molecule has 1 aliphatic heterocycles. The molecule has 1 aromatic carbocycles. The minimum atomic E-state index is -0.502. The van der Waals surface area contributed by atoms with Crippen molar-refractivity contribution in [1.82, 2.24) is 0 Å². The Morgan fingerprint density at radius 3 is 2.68 bits per heavy atom. The van der Waals surface area contributed by atoms with Crippen molar-refractivity contribution in [1.29, 1.82) is 0 Å². The van der Waals surface area contributed by atoms with Crippen LogP contribution in [0.4, 0.5) is 11.4 Å². The van der Waals surface area contributed by atoms with Gasteiger partial charge >= 0.3 is 0 Å². The van der Waals surface area contributed by atoms with Crippen molar-refractivity contribution >= 4 is 17.3 Å². The molecule has 0 spiro atoms. The van der Waals surface area contributed by atoms with Gasteiger partial charge in [0.15, 0.2) is 6.10 Å². The zero-order valence-corrected chi connectivity index (χ0v) is 11.2. The summed E-state index contributed by atoms with van der Waals surface area (Å²) in [7, 11) is 0. The van der Waals surface area contributed by atoms with Crippen molar-refractivity contribution in [3.63, 3.8) is 0 Å². The molecule has 104 valence electrons. The van der Waals surface area contributed by atoms with Gasteiger partial charge in [-0.2, -0.15) is 0 Å². The Kier molecular flexibility index (Phi) is 4.76. The van der Waals surface area contributed by atoms with E-state index in [0.29, 0.717) is 32.1 Å². The maximum absolute atomic E-state index is 12.5. The molecule has 1 atom stereocenters. The summed E-state index contributed by atoms with van der Waals surface area (Å²) in [6, 6.07) is 7.30.